The van der Waals surface area contributed by atoms with Crippen LogP contribution in [0.25, 0.3) is 5.82 Å². The van der Waals surface area contributed by atoms with E-state index in [9.17, 15) is 4.79 Å². The number of rotatable bonds is 2. The van der Waals surface area contributed by atoms with Gasteiger partial charge in [0.1, 0.15) is 12.1 Å². The van der Waals surface area contributed by atoms with Crippen molar-refractivity contribution in [3.63, 3.8) is 0 Å². The zero-order valence-corrected chi connectivity index (χ0v) is 14.1. The third-order valence-electron chi connectivity index (χ3n) is 5.76. The Labute approximate surface area is 142 Å². The number of imidazole rings is 1. The molecule has 0 N–H and O–H groups in total. The van der Waals surface area contributed by atoms with Gasteiger partial charge in [-0.1, -0.05) is 19.8 Å². The van der Waals surface area contributed by atoms with Gasteiger partial charge < -0.3 is 4.90 Å². The smallest absolute Gasteiger partial charge is 0.255 e. The molecule has 5 nitrogen and oxygen atoms in total. The van der Waals surface area contributed by atoms with E-state index in [1.807, 2.05) is 22.9 Å². The molecule has 0 spiro atoms. The second-order valence-electron chi connectivity index (χ2n) is 7.16. The van der Waals surface area contributed by atoms with Gasteiger partial charge in [0, 0.05) is 31.2 Å². The highest BCUT2D eigenvalue weighted by Gasteiger charge is 2.39. The topological polar surface area (TPSA) is 51.0 Å². The molecule has 0 bridgehead atoms. The van der Waals surface area contributed by atoms with Crippen molar-refractivity contribution in [1.82, 2.24) is 19.4 Å². The molecule has 24 heavy (non-hydrogen) atoms. The fraction of sp³-hybridized carbons (Fsp3) is 0.526. The Hall–Kier alpha value is -2.17. The van der Waals surface area contributed by atoms with Crippen molar-refractivity contribution in [2.45, 2.75) is 45.1 Å². The van der Waals surface area contributed by atoms with E-state index in [0.717, 1.165) is 31.1 Å². The van der Waals surface area contributed by atoms with Gasteiger partial charge in [0.25, 0.3) is 5.91 Å². The van der Waals surface area contributed by atoms with Crippen molar-refractivity contribution in [3.05, 3.63) is 42.6 Å². The Morgan fingerprint density at radius 2 is 2.08 bits per heavy atom. The predicted molar refractivity (Wildman–Crippen MR) is 91.9 cm³/mol. The average Bonchev–Trinajstić information content (AvgIpc) is 3.17. The molecule has 0 aromatic carbocycles. The molecule has 1 aliphatic heterocycles. The van der Waals surface area contributed by atoms with Crippen molar-refractivity contribution in [1.29, 1.82) is 0 Å². The van der Waals surface area contributed by atoms with Crippen molar-refractivity contribution in [2.24, 2.45) is 11.8 Å². The van der Waals surface area contributed by atoms with E-state index in [1.165, 1.54) is 19.3 Å². The van der Waals surface area contributed by atoms with Crippen LogP contribution >= 0.6 is 0 Å². The van der Waals surface area contributed by atoms with E-state index < -0.39 is 0 Å². The Balaban J connectivity index is 1.54. The summed E-state index contributed by atoms with van der Waals surface area (Å²) in [5, 5.41) is 0. The van der Waals surface area contributed by atoms with Crippen molar-refractivity contribution in [2.75, 3.05) is 6.54 Å². The van der Waals surface area contributed by atoms with E-state index in [-0.39, 0.29) is 5.91 Å². The molecule has 0 unspecified atom stereocenters. The summed E-state index contributed by atoms with van der Waals surface area (Å²) in [5.41, 5.74) is 0.692. The van der Waals surface area contributed by atoms with Gasteiger partial charge in [-0.05, 0) is 43.2 Å². The Kier molecular flexibility index (Phi) is 4.08. The van der Waals surface area contributed by atoms with Crippen molar-refractivity contribution in [3.8, 4) is 5.82 Å². The normalized spacial score (nSPS) is 26.9. The summed E-state index contributed by atoms with van der Waals surface area (Å²) in [6.45, 7) is 3.23. The molecule has 1 saturated carbocycles. The zero-order valence-electron chi connectivity index (χ0n) is 14.1. The second kappa shape index (κ2) is 6.38. The van der Waals surface area contributed by atoms with Gasteiger partial charge in [-0.3, -0.25) is 9.36 Å². The lowest BCUT2D eigenvalue weighted by Gasteiger charge is -2.47. The van der Waals surface area contributed by atoms with Crippen LogP contribution < -0.4 is 0 Å². The van der Waals surface area contributed by atoms with Crippen molar-refractivity contribution >= 4 is 5.91 Å². The molecule has 2 aromatic heterocycles. The average molecular weight is 324 g/mol. The maximum atomic E-state index is 13.0. The minimum absolute atomic E-state index is 0.142. The minimum atomic E-state index is 0.142. The molecule has 3 heterocycles. The van der Waals surface area contributed by atoms with Crippen LogP contribution in [-0.4, -0.2) is 37.9 Å². The standard InChI is InChI=1S/C19H24N4O/c1-14-8-10-23(17-5-3-2-4-16(14)17)19(24)15-6-7-18(21-12-15)22-11-9-20-13-22/h6-7,9,11-14,16-17H,2-5,8,10H2,1H3/t14-,16-,17-/m1/s1. The fourth-order valence-corrected chi connectivity index (χ4v) is 4.39. The third kappa shape index (κ3) is 2.72. The van der Waals surface area contributed by atoms with E-state index in [2.05, 4.69) is 21.8 Å². The van der Waals surface area contributed by atoms with Crippen LogP contribution in [0.5, 0.6) is 0 Å². The number of hydrogen-bond acceptors (Lipinski definition) is 3. The van der Waals surface area contributed by atoms with Gasteiger partial charge >= 0.3 is 0 Å². The number of likely N-dealkylation sites (tertiary alicyclic amines) is 1. The molecular weight excluding hydrogens is 300 g/mol. The number of piperidine rings is 1. The molecule has 126 valence electrons. The number of carbonyl (C=O) groups excluding carboxylic acids is 1. The summed E-state index contributed by atoms with van der Waals surface area (Å²) in [6.07, 6.45) is 13.1. The highest BCUT2D eigenvalue weighted by atomic mass is 16.2. The molecule has 4 rings (SSSR count). The van der Waals surface area contributed by atoms with Gasteiger partial charge in [0.05, 0.1) is 5.56 Å². The molecule has 1 amide bonds. The fourth-order valence-electron chi connectivity index (χ4n) is 4.39. The van der Waals surface area contributed by atoms with E-state index >= 15 is 0 Å². The first-order valence-electron chi connectivity index (χ1n) is 8.99. The van der Waals surface area contributed by atoms with Gasteiger partial charge in [-0.15, -0.1) is 0 Å². The van der Waals surface area contributed by atoms with Crippen molar-refractivity contribution < 1.29 is 4.79 Å². The van der Waals surface area contributed by atoms with Crippen LogP contribution in [0.3, 0.4) is 0 Å². The molecule has 2 fully saturated rings. The molecule has 0 radical (unpaired) electrons. The van der Waals surface area contributed by atoms with Gasteiger partial charge in [0.2, 0.25) is 0 Å². The highest BCUT2D eigenvalue weighted by Crippen LogP contribution is 2.39. The summed E-state index contributed by atoms with van der Waals surface area (Å²) in [4.78, 5) is 23.6. The minimum Gasteiger partial charge on any atom is -0.335 e. The monoisotopic (exact) mass is 324 g/mol. The van der Waals surface area contributed by atoms with Gasteiger partial charge in [0.15, 0.2) is 0 Å². The maximum absolute atomic E-state index is 13.0. The summed E-state index contributed by atoms with van der Waals surface area (Å²) < 4.78 is 1.84. The van der Waals surface area contributed by atoms with E-state index in [4.69, 9.17) is 0 Å². The Bertz CT molecular complexity index is 695. The lowest BCUT2D eigenvalue weighted by Crippen LogP contribution is -2.52. The first-order valence-corrected chi connectivity index (χ1v) is 8.99. The number of aromatic nitrogens is 3. The highest BCUT2D eigenvalue weighted by molar-refractivity contribution is 5.94. The second-order valence-corrected chi connectivity index (χ2v) is 7.16. The largest absolute Gasteiger partial charge is 0.335 e. The van der Waals surface area contributed by atoms with Gasteiger partial charge in [-0.2, -0.15) is 0 Å². The lowest BCUT2D eigenvalue weighted by molar-refractivity contribution is 0.0217. The van der Waals surface area contributed by atoms with Crippen LogP contribution in [-0.2, 0) is 0 Å². The van der Waals surface area contributed by atoms with Gasteiger partial charge in [-0.25, -0.2) is 9.97 Å². The molecule has 1 saturated heterocycles. The SMILES string of the molecule is C[C@@H]1CCN(C(=O)c2ccc(-n3ccnc3)nc2)[C@@H]2CCCC[C@H]12. The van der Waals surface area contributed by atoms with Crippen LogP contribution in [0.1, 0.15) is 49.4 Å². The summed E-state index contributed by atoms with van der Waals surface area (Å²) in [5.74, 6) is 2.34. The number of hydrogen-bond donors (Lipinski definition) is 0. The van der Waals surface area contributed by atoms with Crippen LogP contribution in [0.2, 0.25) is 0 Å². The molecule has 2 aliphatic rings. The third-order valence-corrected chi connectivity index (χ3v) is 5.76. The first-order chi connectivity index (χ1) is 11.7. The Morgan fingerprint density at radius 1 is 1.21 bits per heavy atom. The lowest BCUT2D eigenvalue weighted by atomic mass is 9.72. The Morgan fingerprint density at radius 3 is 2.83 bits per heavy atom. The number of carbonyl (C=O) groups is 1. The predicted octanol–water partition coefficient (Wildman–Crippen LogP) is 3.31. The van der Waals surface area contributed by atoms with Crippen LogP contribution in [0.4, 0.5) is 0 Å². The number of amides is 1. The number of fused-ring (bicyclic) bond motifs is 1. The molecule has 1 aliphatic carbocycles. The first kappa shape index (κ1) is 15.4. The van der Waals surface area contributed by atoms with Crippen LogP contribution in [0.15, 0.2) is 37.1 Å². The molecule has 5 heteroatoms. The molecule has 2 aromatic rings. The quantitative estimate of drug-likeness (QED) is 0.851. The molecular formula is C19H24N4O. The van der Waals surface area contributed by atoms with E-state index in [0.29, 0.717) is 17.5 Å². The molecule has 3 atom stereocenters. The van der Waals surface area contributed by atoms with E-state index in [1.54, 1.807) is 18.7 Å². The maximum Gasteiger partial charge on any atom is 0.255 e. The number of nitrogens with zero attached hydrogens (tertiary/aromatic N) is 4. The number of pyridine rings is 1. The van der Waals surface area contributed by atoms with Crippen LogP contribution in [0, 0.1) is 11.8 Å². The zero-order chi connectivity index (χ0) is 16.5. The summed E-state index contributed by atoms with van der Waals surface area (Å²) >= 11 is 0. The summed E-state index contributed by atoms with van der Waals surface area (Å²) in [6, 6.07) is 4.20. The summed E-state index contributed by atoms with van der Waals surface area (Å²) in [7, 11) is 0.